The summed E-state index contributed by atoms with van der Waals surface area (Å²) in [5.41, 5.74) is 1.53. The SMILES string of the molecule is CC(Sc1nc2cc(Cl)ccc2s1)C(=O)Nc1ccc2c(c1)OCCO2. The van der Waals surface area contributed by atoms with Gasteiger partial charge in [-0.1, -0.05) is 23.4 Å². The van der Waals surface area contributed by atoms with Crippen LogP contribution < -0.4 is 14.8 Å². The van der Waals surface area contributed by atoms with Gasteiger partial charge in [-0.15, -0.1) is 11.3 Å². The van der Waals surface area contributed by atoms with Gasteiger partial charge in [-0.2, -0.15) is 0 Å². The summed E-state index contributed by atoms with van der Waals surface area (Å²) in [6.07, 6.45) is 0. The molecular weight excluding hydrogens is 392 g/mol. The largest absolute Gasteiger partial charge is 0.486 e. The number of carbonyl (C=O) groups excluding carboxylic acids is 1. The van der Waals surface area contributed by atoms with Crippen LogP contribution in [0.1, 0.15) is 6.92 Å². The van der Waals surface area contributed by atoms with Crippen LogP contribution in [0, 0.1) is 0 Å². The van der Waals surface area contributed by atoms with Crippen molar-refractivity contribution in [3.63, 3.8) is 0 Å². The monoisotopic (exact) mass is 406 g/mol. The predicted octanol–water partition coefficient (Wildman–Crippen LogP) is 4.84. The Hall–Kier alpha value is -1.96. The Labute approximate surface area is 163 Å². The van der Waals surface area contributed by atoms with Crippen LogP contribution in [0.15, 0.2) is 40.7 Å². The summed E-state index contributed by atoms with van der Waals surface area (Å²) in [4.78, 5) is 17.0. The fourth-order valence-electron chi connectivity index (χ4n) is 2.50. The first-order valence-corrected chi connectivity index (χ1v) is 10.1. The Kier molecular flexibility index (Phi) is 4.93. The van der Waals surface area contributed by atoms with Crippen molar-refractivity contribution in [1.82, 2.24) is 4.98 Å². The van der Waals surface area contributed by atoms with Gasteiger partial charge < -0.3 is 14.8 Å². The molecule has 0 spiro atoms. The summed E-state index contributed by atoms with van der Waals surface area (Å²) in [5.74, 6) is 1.26. The lowest BCUT2D eigenvalue weighted by atomic mass is 10.2. The first-order valence-electron chi connectivity index (χ1n) is 8.02. The number of nitrogens with one attached hydrogen (secondary N) is 1. The summed E-state index contributed by atoms with van der Waals surface area (Å²) in [5, 5.41) is 3.28. The molecule has 134 valence electrons. The van der Waals surface area contributed by atoms with E-state index in [9.17, 15) is 4.79 Å². The Morgan fingerprint density at radius 3 is 2.88 bits per heavy atom. The number of hydrogen-bond donors (Lipinski definition) is 1. The Morgan fingerprint density at radius 1 is 1.23 bits per heavy atom. The van der Waals surface area contributed by atoms with Crippen molar-refractivity contribution in [3.8, 4) is 11.5 Å². The van der Waals surface area contributed by atoms with Crippen LogP contribution in [0.4, 0.5) is 5.69 Å². The highest BCUT2D eigenvalue weighted by atomic mass is 35.5. The first kappa shape index (κ1) is 17.5. The predicted molar refractivity (Wildman–Crippen MR) is 106 cm³/mol. The van der Waals surface area contributed by atoms with Gasteiger partial charge in [0.1, 0.15) is 13.2 Å². The van der Waals surface area contributed by atoms with Gasteiger partial charge in [-0.05, 0) is 37.3 Å². The van der Waals surface area contributed by atoms with Crippen molar-refractivity contribution >= 4 is 56.5 Å². The molecule has 0 radical (unpaired) electrons. The minimum Gasteiger partial charge on any atom is -0.486 e. The fourth-order valence-corrected chi connectivity index (χ4v) is 4.86. The van der Waals surface area contributed by atoms with E-state index in [1.165, 1.54) is 11.8 Å². The standard InChI is InChI=1S/C18H15ClN2O3S2/c1-10(25-18-21-13-8-11(19)2-5-16(13)26-18)17(22)20-12-3-4-14-15(9-12)24-7-6-23-14/h2-5,8-10H,6-7H2,1H3,(H,20,22). The number of amides is 1. The molecule has 0 saturated heterocycles. The lowest BCUT2D eigenvalue weighted by Gasteiger charge is -2.19. The van der Waals surface area contributed by atoms with Crippen LogP contribution in [0.2, 0.25) is 5.02 Å². The second-order valence-electron chi connectivity index (χ2n) is 5.70. The van der Waals surface area contributed by atoms with Gasteiger partial charge in [0, 0.05) is 16.8 Å². The van der Waals surface area contributed by atoms with Crippen molar-refractivity contribution < 1.29 is 14.3 Å². The van der Waals surface area contributed by atoms with Crippen LogP contribution in [0.5, 0.6) is 11.5 Å². The summed E-state index contributed by atoms with van der Waals surface area (Å²) in [7, 11) is 0. The van der Waals surface area contributed by atoms with Gasteiger partial charge in [0.2, 0.25) is 5.91 Å². The van der Waals surface area contributed by atoms with Gasteiger partial charge in [-0.25, -0.2) is 4.98 Å². The second-order valence-corrected chi connectivity index (χ2v) is 8.75. The van der Waals surface area contributed by atoms with E-state index in [0.29, 0.717) is 35.4 Å². The van der Waals surface area contributed by atoms with E-state index < -0.39 is 0 Å². The molecular formula is C18H15ClN2O3S2. The Bertz CT molecular complexity index is 976. The fraction of sp³-hybridized carbons (Fsp3) is 0.222. The second kappa shape index (κ2) is 7.34. The highest BCUT2D eigenvalue weighted by Gasteiger charge is 2.18. The van der Waals surface area contributed by atoms with Crippen molar-refractivity contribution in [2.75, 3.05) is 18.5 Å². The van der Waals surface area contributed by atoms with E-state index in [2.05, 4.69) is 10.3 Å². The molecule has 0 bridgehead atoms. The third-order valence-corrected chi connectivity index (χ3v) is 6.25. The van der Waals surface area contributed by atoms with Gasteiger partial charge >= 0.3 is 0 Å². The topological polar surface area (TPSA) is 60.5 Å². The highest BCUT2D eigenvalue weighted by Crippen LogP contribution is 2.35. The normalized spacial score (nSPS) is 14.2. The molecule has 8 heteroatoms. The van der Waals surface area contributed by atoms with Crippen LogP contribution in [-0.2, 0) is 4.79 Å². The van der Waals surface area contributed by atoms with Crippen LogP contribution in [0.3, 0.4) is 0 Å². The maximum atomic E-state index is 12.5. The molecule has 2 aromatic carbocycles. The molecule has 1 amide bonds. The quantitative estimate of drug-likeness (QED) is 0.628. The number of halogens is 1. The number of fused-ring (bicyclic) bond motifs is 2. The zero-order valence-electron chi connectivity index (χ0n) is 13.8. The molecule has 2 heterocycles. The number of thiazole rings is 1. The minimum atomic E-state index is -0.292. The van der Waals surface area contributed by atoms with Gasteiger partial charge in [0.15, 0.2) is 15.8 Å². The average Bonchev–Trinajstić information content (AvgIpc) is 3.02. The third-order valence-electron chi connectivity index (χ3n) is 3.79. The Balaban J connectivity index is 1.43. The van der Waals surface area contributed by atoms with Crippen molar-refractivity contribution in [1.29, 1.82) is 0 Å². The lowest BCUT2D eigenvalue weighted by Crippen LogP contribution is -2.22. The number of nitrogens with zero attached hydrogens (tertiary/aromatic N) is 1. The smallest absolute Gasteiger partial charge is 0.237 e. The van der Waals surface area contributed by atoms with E-state index in [4.69, 9.17) is 21.1 Å². The summed E-state index contributed by atoms with van der Waals surface area (Å²) < 4.78 is 12.9. The first-order chi connectivity index (χ1) is 12.6. The number of aromatic nitrogens is 1. The number of hydrogen-bond acceptors (Lipinski definition) is 6. The van der Waals surface area contributed by atoms with Crippen molar-refractivity contribution in [3.05, 3.63) is 41.4 Å². The van der Waals surface area contributed by atoms with Crippen LogP contribution >= 0.6 is 34.7 Å². The third kappa shape index (κ3) is 3.75. The number of benzene rings is 2. The molecule has 26 heavy (non-hydrogen) atoms. The molecule has 1 aliphatic rings. The van der Waals surface area contributed by atoms with E-state index in [1.54, 1.807) is 23.5 Å². The Morgan fingerprint density at radius 2 is 2.04 bits per heavy atom. The number of anilines is 1. The molecule has 4 rings (SSSR count). The summed E-state index contributed by atoms with van der Waals surface area (Å²) in [6, 6.07) is 11.0. The average molecular weight is 407 g/mol. The zero-order chi connectivity index (χ0) is 18.1. The number of rotatable bonds is 4. The minimum absolute atomic E-state index is 0.0935. The molecule has 1 atom stereocenters. The lowest BCUT2D eigenvalue weighted by molar-refractivity contribution is -0.115. The maximum Gasteiger partial charge on any atom is 0.237 e. The molecule has 0 saturated carbocycles. The van der Waals surface area contributed by atoms with Gasteiger partial charge in [-0.3, -0.25) is 4.79 Å². The van der Waals surface area contributed by atoms with Crippen LogP contribution in [0.25, 0.3) is 10.2 Å². The van der Waals surface area contributed by atoms with Crippen LogP contribution in [-0.4, -0.2) is 29.4 Å². The van der Waals surface area contributed by atoms with E-state index in [0.717, 1.165) is 14.6 Å². The van der Waals surface area contributed by atoms with Gasteiger partial charge in [0.25, 0.3) is 0 Å². The zero-order valence-corrected chi connectivity index (χ0v) is 16.2. The van der Waals surface area contributed by atoms with Gasteiger partial charge in [0.05, 0.1) is 15.5 Å². The van der Waals surface area contributed by atoms with E-state index in [-0.39, 0.29) is 11.2 Å². The number of ether oxygens (including phenoxy) is 2. The number of thioether (sulfide) groups is 1. The van der Waals surface area contributed by atoms with E-state index in [1.807, 2.05) is 31.2 Å². The molecule has 5 nitrogen and oxygen atoms in total. The molecule has 1 aliphatic heterocycles. The molecule has 1 aromatic heterocycles. The molecule has 1 unspecified atom stereocenters. The molecule has 0 aliphatic carbocycles. The maximum absolute atomic E-state index is 12.5. The van der Waals surface area contributed by atoms with Crippen molar-refractivity contribution in [2.45, 2.75) is 16.5 Å². The molecule has 3 aromatic rings. The number of carbonyl (C=O) groups is 1. The molecule has 1 N–H and O–H groups in total. The summed E-state index contributed by atoms with van der Waals surface area (Å²) >= 11 is 8.98. The van der Waals surface area contributed by atoms with E-state index >= 15 is 0 Å². The van der Waals surface area contributed by atoms with Crippen molar-refractivity contribution in [2.24, 2.45) is 0 Å². The highest BCUT2D eigenvalue weighted by molar-refractivity contribution is 8.02. The summed E-state index contributed by atoms with van der Waals surface area (Å²) in [6.45, 7) is 2.91. The molecule has 0 fully saturated rings.